The zero-order valence-electron chi connectivity index (χ0n) is 16.8. The molecule has 0 saturated heterocycles. The first-order valence-electron chi connectivity index (χ1n) is 9.54. The van der Waals surface area contributed by atoms with Gasteiger partial charge >= 0.3 is 0 Å². The van der Waals surface area contributed by atoms with Crippen molar-refractivity contribution in [3.8, 4) is 0 Å². The van der Waals surface area contributed by atoms with Crippen molar-refractivity contribution in [3.63, 3.8) is 0 Å². The van der Waals surface area contributed by atoms with Crippen LogP contribution in [0.15, 0.2) is 29.2 Å². The maximum atomic E-state index is 10.4. The van der Waals surface area contributed by atoms with Crippen LogP contribution in [-0.4, -0.2) is 44.1 Å². The van der Waals surface area contributed by atoms with Gasteiger partial charge in [0.05, 0.1) is 31.6 Å². The van der Waals surface area contributed by atoms with E-state index in [-0.39, 0.29) is 4.90 Å². The molecule has 25 heavy (non-hydrogen) atoms. The Kier molecular flexibility index (Phi) is 12.0. The van der Waals surface area contributed by atoms with E-state index in [1.54, 1.807) is 12.1 Å². The van der Waals surface area contributed by atoms with Crippen LogP contribution in [0, 0.1) is 6.92 Å². The van der Waals surface area contributed by atoms with Crippen molar-refractivity contribution in [1.82, 2.24) is 0 Å². The fourth-order valence-corrected chi connectivity index (χ4v) is 3.13. The molecule has 0 aliphatic rings. The Bertz CT molecular complexity index is 531. The molecular weight excluding hydrogens is 334 g/mol. The SMILES string of the molecule is CCCC[N+](C)(CCCC)CCCC.Cc1ccc(S(=O)(=O)[O-])cc1. The number of hydrogen-bond donors (Lipinski definition) is 0. The topological polar surface area (TPSA) is 57.2 Å². The minimum absolute atomic E-state index is 0.178. The number of quaternary nitrogens is 1. The smallest absolute Gasteiger partial charge is 0.124 e. The van der Waals surface area contributed by atoms with E-state index < -0.39 is 10.1 Å². The van der Waals surface area contributed by atoms with E-state index in [0.29, 0.717) is 0 Å². The summed E-state index contributed by atoms with van der Waals surface area (Å²) in [7, 11) is -1.82. The van der Waals surface area contributed by atoms with Crippen molar-refractivity contribution in [2.75, 3.05) is 26.7 Å². The molecule has 1 rings (SSSR count). The normalized spacial score (nSPS) is 11.8. The van der Waals surface area contributed by atoms with Gasteiger partial charge in [0, 0.05) is 0 Å². The highest BCUT2D eigenvalue weighted by Crippen LogP contribution is 2.11. The molecule has 146 valence electrons. The maximum Gasteiger partial charge on any atom is 0.124 e. The van der Waals surface area contributed by atoms with Crippen LogP contribution in [0.3, 0.4) is 0 Å². The molecule has 0 bridgehead atoms. The van der Waals surface area contributed by atoms with Crippen molar-refractivity contribution in [3.05, 3.63) is 29.8 Å². The first-order valence-corrected chi connectivity index (χ1v) is 11.0. The van der Waals surface area contributed by atoms with Crippen LogP contribution in [0.4, 0.5) is 0 Å². The van der Waals surface area contributed by atoms with Crippen LogP contribution >= 0.6 is 0 Å². The Morgan fingerprint density at radius 1 is 0.840 bits per heavy atom. The summed E-state index contributed by atoms with van der Waals surface area (Å²) in [5.41, 5.74) is 0.928. The van der Waals surface area contributed by atoms with Crippen molar-refractivity contribution < 1.29 is 17.5 Å². The second kappa shape index (κ2) is 12.4. The van der Waals surface area contributed by atoms with Crippen molar-refractivity contribution in [2.45, 2.75) is 71.1 Å². The molecule has 1 aromatic rings. The molecule has 1 aromatic carbocycles. The Labute approximate surface area is 155 Å². The fourth-order valence-electron chi connectivity index (χ4n) is 2.66. The number of rotatable bonds is 10. The van der Waals surface area contributed by atoms with E-state index >= 15 is 0 Å². The van der Waals surface area contributed by atoms with Gasteiger partial charge in [0.2, 0.25) is 0 Å². The Hall–Kier alpha value is -0.910. The van der Waals surface area contributed by atoms with E-state index in [1.807, 2.05) is 6.92 Å². The van der Waals surface area contributed by atoms with Gasteiger partial charge in [0.25, 0.3) is 0 Å². The summed E-state index contributed by atoms with van der Waals surface area (Å²) in [6.45, 7) is 12.9. The van der Waals surface area contributed by atoms with Crippen LogP contribution in [0.2, 0.25) is 0 Å². The van der Waals surface area contributed by atoms with E-state index in [4.69, 9.17) is 0 Å². The number of hydrogen-bond acceptors (Lipinski definition) is 3. The standard InChI is InChI=1S/C13H30N.C7H8O3S/c1-5-8-11-14(4,12-9-6-2)13-10-7-3;1-6-2-4-7(5-3-6)11(8,9)10/h5-13H2,1-4H3;2-5H,1H3,(H,8,9,10)/q+1;/p-1. The highest BCUT2D eigenvalue weighted by Gasteiger charge is 2.18. The van der Waals surface area contributed by atoms with Crippen LogP contribution < -0.4 is 0 Å². The van der Waals surface area contributed by atoms with Gasteiger partial charge in [-0.1, -0.05) is 57.7 Å². The summed E-state index contributed by atoms with van der Waals surface area (Å²) in [6, 6.07) is 5.78. The van der Waals surface area contributed by atoms with Gasteiger partial charge < -0.3 is 9.04 Å². The predicted octanol–water partition coefficient (Wildman–Crippen LogP) is 4.73. The van der Waals surface area contributed by atoms with Crippen LogP contribution in [0.25, 0.3) is 0 Å². The molecule has 0 unspecified atom stereocenters. The third kappa shape index (κ3) is 11.3. The Morgan fingerprint density at radius 2 is 1.20 bits per heavy atom. The minimum Gasteiger partial charge on any atom is -0.744 e. The van der Waals surface area contributed by atoms with Gasteiger partial charge in [-0.2, -0.15) is 0 Å². The number of benzene rings is 1. The van der Waals surface area contributed by atoms with Crippen molar-refractivity contribution in [1.29, 1.82) is 0 Å². The molecule has 0 spiro atoms. The van der Waals surface area contributed by atoms with Crippen molar-refractivity contribution >= 4 is 10.1 Å². The molecule has 0 heterocycles. The first-order chi connectivity index (χ1) is 11.7. The summed E-state index contributed by atoms with van der Waals surface area (Å²) < 4.78 is 32.5. The van der Waals surface area contributed by atoms with Crippen LogP contribution in [-0.2, 0) is 10.1 Å². The monoisotopic (exact) mass is 371 g/mol. The largest absolute Gasteiger partial charge is 0.744 e. The highest BCUT2D eigenvalue weighted by atomic mass is 32.2. The predicted molar refractivity (Wildman–Crippen MR) is 105 cm³/mol. The lowest BCUT2D eigenvalue weighted by Crippen LogP contribution is -2.46. The molecule has 4 nitrogen and oxygen atoms in total. The maximum absolute atomic E-state index is 10.4. The summed E-state index contributed by atoms with van der Waals surface area (Å²) in [5.74, 6) is 0. The quantitative estimate of drug-likeness (QED) is 0.441. The summed E-state index contributed by atoms with van der Waals surface area (Å²) in [4.78, 5) is -0.178. The van der Waals surface area contributed by atoms with Gasteiger partial charge in [-0.15, -0.1) is 0 Å². The highest BCUT2D eigenvalue weighted by molar-refractivity contribution is 7.85. The number of nitrogens with zero attached hydrogens (tertiary/aromatic N) is 1. The second-order valence-corrected chi connectivity index (χ2v) is 8.50. The molecule has 0 N–H and O–H groups in total. The van der Waals surface area contributed by atoms with E-state index in [1.165, 1.54) is 74.8 Å². The summed E-state index contributed by atoms with van der Waals surface area (Å²) in [5, 5.41) is 0. The van der Waals surface area contributed by atoms with Crippen molar-refractivity contribution in [2.24, 2.45) is 0 Å². The van der Waals surface area contributed by atoms with Gasteiger partial charge in [0.15, 0.2) is 0 Å². The first kappa shape index (κ1) is 24.1. The lowest BCUT2D eigenvalue weighted by Gasteiger charge is -2.34. The summed E-state index contributed by atoms with van der Waals surface area (Å²) in [6.07, 6.45) is 8.20. The number of unbranched alkanes of at least 4 members (excludes halogenated alkanes) is 3. The minimum atomic E-state index is -4.27. The lowest BCUT2D eigenvalue weighted by atomic mass is 10.2. The molecule has 0 amide bonds. The van der Waals surface area contributed by atoms with Crippen LogP contribution in [0.1, 0.15) is 64.9 Å². The van der Waals surface area contributed by atoms with Gasteiger partial charge in [0.1, 0.15) is 10.1 Å². The molecule has 0 aliphatic carbocycles. The van der Waals surface area contributed by atoms with Gasteiger partial charge in [-0.05, 0) is 38.3 Å². The summed E-state index contributed by atoms with van der Waals surface area (Å²) >= 11 is 0. The molecule has 5 heteroatoms. The molecular formula is C20H37NO3S. The van der Waals surface area contributed by atoms with Gasteiger partial charge in [-0.3, -0.25) is 0 Å². The van der Waals surface area contributed by atoms with Crippen LogP contribution in [0.5, 0.6) is 0 Å². The van der Waals surface area contributed by atoms with E-state index in [2.05, 4.69) is 27.8 Å². The zero-order valence-corrected chi connectivity index (χ0v) is 17.6. The van der Waals surface area contributed by atoms with E-state index in [9.17, 15) is 13.0 Å². The molecule has 0 aliphatic heterocycles. The lowest BCUT2D eigenvalue weighted by molar-refractivity contribution is -0.910. The molecule has 0 fully saturated rings. The van der Waals surface area contributed by atoms with Gasteiger partial charge in [-0.25, -0.2) is 8.42 Å². The third-order valence-corrected chi connectivity index (χ3v) is 5.31. The molecule has 0 radical (unpaired) electrons. The Morgan fingerprint density at radius 3 is 1.48 bits per heavy atom. The second-order valence-electron chi connectivity index (χ2n) is 7.12. The van der Waals surface area contributed by atoms with E-state index in [0.717, 1.165) is 5.56 Å². The molecule has 0 aromatic heterocycles. The average molecular weight is 372 g/mol. The zero-order chi connectivity index (χ0) is 19.3. The third-order valence-electron chi connectivity index (χ3n) is 4.46. The Balaban J connectivity index is 0.000000472. The molecule has 0 atom stereocenters. The average Bonchev–Trinajstić information content (AvgIpc) is 2.57. The number of aryl methyl sites for hydroxylation is 1. The molecule has 0 saturated carbocycles. The fraction of sp³-hybridized carbons (Fsp3) is 0.700.